The predicted octanol–water partition coefficient (Wildman–Crippen LogP) is 18.6. The number of ether oxygens (including phenoxy) is 1. The van der Waals surface area contributed by atoms with Crippen LogP contribution in [0.1, 0.15) is 309 Å². The molecule has 6 heteroatoms. The number of carbonyl (C=O) groups excluding carboxylic acids is 2. The summed E-state index contributed by atoms with van der Waals surface area (Å²) in [5.41, 5.74) is 0. The van der Waals surface area contributed by atoms with Crippen molar-refractivity contribution < 1.29 is 24.5 Å². The number of aliphatic hydroxyl groups is 2. The van der Waals surface area contributed by atoms with E-state index in [9.17, 15) is 19.8 Å². The average molecular weight is 955 g/mol. The zero-order valence-corrected chi connectivity index (χ0v) is 45.3. The zero-order chi connectivity index (χ0) is 49.3. The third-order valence-corrected chi connectivity index (χ3v) is 13.6. The van der Waals surface area contributed by atoms with E-state index in [1.165, 1.54) is 193 Å². The Morgan fingerprint density at radius 3 is 1.16 bits per heavy atom. The van der Waals surface area contributed by atoms with Crippen molar-refractivity contribution in [2.45, 2.75) is 321 Å². The molecule has 0 aliphatic rings. The minimum absolute atomic E-state index is 0.0367. The molecule has 0 aromatic carbocycles. The molecular formula is C62H115NO5. The van der Waals surface area contributed by atoms with Gasteiger partial charge in [-0.2, -0.15) is 0 Å². The molecule has 0 fully saturated rings. The summed E-state index contributed by atoms with van der Waals surface area (Å²) >= 11 is 0. The van der Waals surface area contributed by atoms with Gasteiger partial charge in [0.15, 0.2) is 0 Å². The van der Waals surface area contributed by atoms with Crippen molar-refractivity contribution in [2.75, 3.05) is 13.2 Å². The van der Waals surface area contributed by atoms with Crippen molar-refractivity contribution in [3.05, 3.63) is 48.6 Å². The van der Waals surface area contributed by atoms with E-state index in [-0.39, 0.29) is 18.5 Å². The van der Waals surface area contributed by atoms with Gasteiger partial charge in [-0.3, -0.25) is 9.59 Å². The summed E-state index contributed by atoms with van der Waals surface area (Å²) in [5.74, 6) is -0.133. The smallest absolute Gasteiger partial charge is 0.305 e. The first-order valence-corrected chi connectivity index (χ1v) is 29.9. The Hall–Kier alpha value is -2.18. The molecule has 0 heterocycles. The van der Waals surface area contributed by atoms with Gasteiger partial charge in [0.2, 0.25) is 5.91 Å². The fourth-order valence-electron chi connectivity index (χ4n) is 8.95. The van der Waals surface area contributed by atoms with Gasteiger partial charge < -0.3 is 20.3 Å². The lowest BCUT2D eigenvalue weighted by molar-refractivity contribution is -0.143. The van der Waals surface area contributed by atoms with E-state index >= 15 is 0 Å². The highest BCUT2D eigenvalue weighted by molar-refractivity contribution is 5.76. The lowest BCUT2D eigenvalue weighted by atomic mass is 10.0. The maximum atomic E-state index is 12.5. The zero-order valence-electron chi connectivity index (χ0n) is 45.3. The normalized spacial score (nSPS) is 12.9. The van der Waals surface area contributed by atoms with E-state index < -0.39 is 12.1 Å². The Labute approximate surface area is 423 Å². The number of aliphatic hydroxyl groups excluding tert-OH is 2. The standard InChI is InChI=1S/C62H115NO5/c1-3-5-7-9-11-13-15-17-19-21-23-24-26-27-29-31-34-38-42-46-50-54-60(65)59(58-64)63-61(66)55-51-47-43-39-35-33-37-41-45-49-53-57-68-62(67)56-52-48-44-40-36-32-30-28-25-22-20-18-16-14-12-10-8-6-4-2/h12,14,18,20,37,41,50,54,59-60,64-65H,3-11,13,15-17,19,21-36,38-40,42-49,51-53,55-58H2,1-2H3,(H,63,66)/b14-12-,20-18-,41-37-,54-50+. The number of allylic oxidation sites excluding steroid dienone is 7. The summed E-state index contributed by atoms with van der Waals surface area (Å²) in [6, 6.07) is -0.651. The largest absolute Gasteiger partial charge is 0.466 e. The molecule has 398 valence electrons. The first kappa shape index (κ1) is 65.8. The summed E-state index contributed by atoms with van der Waals surface area (Å²) in [4.78, 5) is 24.6. The number of hydrogen-bond acceptors (Lipinski definition) is 5. The first-order valence-electron chi connectivity index (χ1n) is 29.9. The number of amides is 1. The highest BCUT2D eigenvalue weighted by Crippen LogP contribution is 2.16. The molecule has 3 N–H and O–H groups in total. The van der Waals surface area contributed by atoms with Gasteiger partial charge in [0, 0.05) is 12.8 Å². The van der Waals surface area contributed by atoms with Crippen LogP contribution in [0.3, 0.4) is 0 Å². The van der Waals surface area contributed by atoms with Gasteiger partial charge in [-0.25, -0.2) is 0 Å². The second-order valence-electron chi connectivity index (χ2n) is 20.3. The molecule has 0 saturated heterocycles. The van der Waals surface area contributed by atoms with Gasteiger partial charge >= 0.3 is 5.97 Å². The summed E-state index contributed by atoms with van der Waals surface area (Å²) in [6.45, 7) is 4.81. The van der Waals surface area contributed by atoms with Crippen LogP contribution >= 0.6 is 0 Å². The van der Waals surface area contributed by atoms with Gasteiger partial charge in [-0.15, -0.1) is 0 Å². The van der Waals surface area contributed by atoms with Crippen LogP contribution in [0.5, 0.6) is 0 Å². The number of nitrogens with one attached hydrogen (secondary N) is 1. The molecule has 0 rings (SSSR count). The minimum Gasteiger partial charge on any atom is -0.466 e. The highest BCUT2D eigenvalue weighted by Gasteiger charge is 2.18. The third-order valence-electron chi connectivity index (χ3n) is 13.6. The topological polar surface area (TPSA) is 95.9 Å². The summed E-state index contributed by atoms with van der Waals surface area (Å²) in [5, 5.41) is 23.2. The van der Waals surface area contributed by atoms with Crippen LogP contribution in [-0.4, -0.2) is 47.4 Å². The molecule has 0 radical (unpaired) electrons. The molecular weight excluding hydrogens is 839 g/mol. The van der Waals surface area contributed by atoms with Crippen LogP contribution in [-0.2, 0) is 14.3 Å². The van der Waals surface area contributed by atoms with Crippen molar-refractivity contribution >= 4 is 11.9 Å². The van der Waals surface area contributed by atoms with Crippen molar-refractivity contribution in [3.8, 4) is 0 Å². The Balaban J connectivity index is 3.53. The van der Waals surface area contributed by atoms with Crippen LogP contribution in [0, 0.1) is 0 Å². The van der Waals surface area contributed by atoms with Gasteiger partial charge in [0.1, 0.15) is 0 Å². The Bertz CT molecular complexity index is 1150. The van der Waals surface area contributed by atoms with Crippen molar-refractivity contribution in [3.63, 3.8) is 0 Å². The first-order chi connectivity index (χ1) is 33.5. The second kappa shape index (κ2) is 57.4. The maximum absolute atomic E-state index is 12.5. The molecule has 0 aliphatic carbocycles. The SMILES string of the molecule is CCCCC/C=C\C/C=C\CCCCCCCCCCCC(=O)OCCCC/C=C\CCCCCCCC(=O)NC(CO)C(O)/C=C/CCCCCCCCCCCCCCCCCCCCC. The van der Waals surface area contributed by atoms with Crippen LogP contribution < -0.4 is 5.32 Å². The van der Waals surface area contributed by atoms with E-state index in [1.54, 1.807) is 6.08 Å². The van der Waals surface area contributed by atoms with E-state index in [4.69, 9.17) is 4.74 Å². The Morgan fingerprint density at radius 2 is 0.735 bits per heavy atom. The number of carbonyl (C=O) groups is 2. The van der Waals surface area contributed by atoms with E-state index in [1.807, 2.05) is 6.08 Å². The number of unbranched alkanes of at least 4 members (excludes halogenated alkanes) is 38. The molecule has 2 unspecified atom stereocenters. The number of hydrogen-bond donors (Lipinski definition) is 3. The lowest BCUT2D eigenvalue weighted by Crippen LogP contribution is -2.45. The molecule has 2 atom stereocenters. The van der Waals surface area contributed by atoms with E-state index in [2.05, 4.69) is 55.6 Å². The molecule has 0 spiro atoms. The summed E-state index contributed by atoms with van der Waals surface area (Å²) in [7, 11) is 0. The fraction of sp³-hybridized carbons (Fsp3) is 0.839. The Kier molecular flexibility index (Phi) is 55.6. The molecule has 1 amide bonds. The summed E-state index contributed by atoms with van der Waals surface area (Å²) < 4.78 is 5.45. The third kappa shape index (κ3) is 53.2. The Morgan fingerprint density at radius 1 is 0.412 bits per heavy atom. The summed E-state index contributed by atoms with van der Waals surface area (Å²) in [6.07, 6.45) is 72.8. The van der Waals surface area contributed by atoms with E-state index in [0.29, 0.717) is 19.4 Å². The molecule has 6 nitrogen and oxygen atoms in total. The van der Waals surface area contributed by atoms with Crippen LogP contribution in [0.15, 0.2) is 48.6 Å². The van der Waals surface area contributed by atoms with Gasteiger partial charge in [0.25, 0.3) is 0 Å². The van der Waals surface area contributed by atoms with Gasteiger partial charge in [-0.1, -0.05) is 255 Å². The van der Waals surface area contributed by atoms with E-state index in [0.717, 1.165) is 89.9 Å². The number of rotatable bonds is 55. The molecule has 0 aliphatic heterocycles. The van der Waals surface area contributed by atoms with Crippen molar-refractivity contribution in [1.82, 2.24) is 5.32 Å². The maximum Gasteiger partial charge on any atom is 0.305 e. The number of esters is 1. The van der Waals surface area contributed by atoms with Crippen molar-refractivity contribution in [1.29, 1.82) is 0 Å². The molecule has 0 aromatic rings. The minimum atomic E-state index is -0.865. The van der Waals surface area contributed by atoms with Crippen LogP contribution in [0.4, 0.5) is 0 Å². The monoisotopic (exact) mass is 954 g/mol. The van der Waals surface area contributed by atoms with Crippen LogP contribution in [0.25, 0.3) is 0 Å². The molecule has 0 saturated carbocycles. The van der Waals surface area contributed by atoms with Crippen LogP contribution in [0.2, 0.25) is 0 Å². The molecule has 0 aromatic heterocycles. The predicted molar refractivity (Wildman–Crippen MR) is 296 cm³/mol. The second-order valence-corrected chi connectivity index (χ2v) is 20.3. The quantitative estimate of drug-likeness (QED) is 0.0321. The average Bonchev–Trinajstić information content (AvgIpc) is 3.34. The fourth-order valence-corrected chi connectivity index (χ4v) is 8.95. The van der Waals surface area contributed by atoms with Gasteiger partial charge in [0.05, 0.1) is 25.4 Å². The van der Waals surface area contributed by atoms with Gasteiger partial charge in [-0.05, 0) is 89.9 Å². The molecule has 68 heavy (non-hydrogen) atoms. The lowest BCUT2D eigenvalue weighted by Gasteiger charge is -2.20. The molecule has 0 bridgehead atoms. The van der Waals surface area contributed by atoms with Crippen molar-refractivity contribution in [2.24, 2.45) is 0 Å². The highest BCUT2D eigenvalue weighted by atomic mass is 16.5.